The van der Waals surface area contributed by atoms with Crippen LogP contribution in [0.2, 0.25) is 0 Å². The van der Waals surface area contributed by atoms with Gasteiger partial charge >= 0.3 is 0 Å². The van der Waals surface area contributed by atoms with Crippen molar-refractivity contribution in [2.24, 2.45) is 10.8 Å². The smallest absolute Gasteiger partial charge is 0.271 e. The summed E-state index contributed by atoms with van der Waals surface area (Å²) in [5.41, 5.74) is 10.3. The Hall–Kier alpha value is -3.15. The van der Waals surface area contributed by atoms with Gasteiger partial charge in [-0.05, 0) is 35.9 Å². The van der Waals surface area contributed by atoms with Gasteiger partial charge in [-0.15, -0.1) is 0 Å². The van der Waals surface area contributed by atoms with E-state index in [1.54, 1.807) is 36.4 Å². The predicted molar refractivity (Wildman–Crippen MR) is 90.8 cm³/mol. The highest BCUT2D eigenvalue weighted by Gasteiger charge is 2.05. The zero-order valence-corrected chi connectivity index (χ0v) is 13.0. The molecule has 0 saturated carbocycles. The first kappa shape index (κ1) is 16.2. The fourth-order valence-corrected chi connectivity index (χ4v) is 1.89. The number of primary amides is 1. The van der Waals surface area contributed by atoms with Gasteiger partial charge in [0.05, 0.1) is 6.21 Å². The van der Waals surface area contributed by atoms with Crippen LogP contribution in [0, 0.1) is 0 Å². The number of hydrogen-bond acceptors (Lipinski definition) is 4. The van der Waals surface area contributed by atoms with Crippen molar-refractivity contribution in [3.63, 3.8) is 0 Å². The minimum atomic E-state index is -0.484. The van der Waals surface area contributed by atoms with Crippen LogP contribution in [-0.2, 0) is 0 Å². The van der Waals surface area contributed by atoms with Gasteiger partial charge in [-0.25, -0.2) is 5.43 Å². The summed E-state index contributed by atoms with van der Waals surface area (Å²) in [4.78, 5) is 24.9. The van der Waals surface area contributed by atoms with Crippen LogP contribution in [0.1, 0.15) is 26.3 Å². The number of nitrogens with one attached hydrogen (secondary N) is 1. The number of nitrogens with two attached hydrogens (primary N) is 1. The Labute approximate surface area is 134 Å². The predicted octanol–water partition coefficient (Wildman–Crippen LogP) is 1.62. The lowest BCUT2D eigenvalue weighted by Crippen LogP contribution is -2.18. The molecule has 2 rings (SSSR count). The van der Waals surface area contributed by atoms with E-state index in [0.29, 0.717) is 11.1 Å². The molecule has 23 heavy (non-hydrogen) atoms. The lowest BCUT2D eigenvalue weighted by atomic mass is 10.1. The van der Waals surface area contributed by atoms with Crippen LogP contribution >= 0.6 is 0 Å². The van der Waals surface area contributed by atoms with E-state index in [0.717, 1.165) is 11.3 Å². The highest BCUT2D eigenvalue weighted by molar-refractivity contribution is 5.96. The number of nitrogens with zero attached hydrogens (tertiary/aromatic N) is 2. The monoisotopic (exact) mass is 310 g/mol. The zero-order chi connectivity index (χ0) is 16.8. The van der Waals surface area contributed by atoms with Crippen LogP contribution in [-0.4, -0.2) is 32.1 Å². The third-order valence-corrected chi connectivity index (χ3v) is 3.20. The molecule has 0 fully saturated rings. The molecule has 6 nitrogen and oxygen atoms in total. The van der Waals surface area contributed by atoms with Crippen molar-refractivity contribution in [3.8, 4) is 0 Å². The SMILES string of the molecule is CN(C)c1cccc(C(=O)N/N=C/c2ccc(C(N)=O)cc2)c1. The fraction of sp³-hybridized carbons (Fsp3) is 0.118. The molecule has 3 N–H and O–H groups in total. The Kier molecular flexibility index (Phi) is 5.09. The quantitative estimate of drug-likeness (QED) is 0.649. The van der Waals surface area contributed by atoms with Crippen molar-refractivity contribution in [1.29, 1.82) is 0 Å². The molecule has 0 spiro atoms. The molecule has 0 aliphatic rings. The maximum atomic E-state index is 12.0. The van der Waals surface area contributed by atoms with Crippen molar-refractivity contribution < 1.29 is 9.59 Å². The normalized spacial score (nSPS) is 10.5. The topological polar surface area (TPSA) is 87.8 Å². The van der Waals surface area contributed by atoms with E-state index >= 15 is 0 Å². The summed E-state index contributed by atoms with van der Waals surface area (Å²) in [5.74, 6) is -0.777. The summed E-state index contributed by atoms with van der Waals surface area (Å²) >= 11 is 0. The van der Waals surface area contributed by atoms with Gasteiger partial charge in [-0.2, -0.15) is 5.10 Å². The van der Waals surface area contributed by atoms with E-state index < -0.39 is 5.91 Å². The second-order valence-electron chi connectivity index (χ2n) is 5.13. The molecule has 0 atom stereocenters. The number of carbonyl (C=O) groups is 2. The molecule has 6 heteroatoms. The molecule has 0 saturated heterocycles. The van der Waals surface area contributed by atoms with Crippen LogP contribution in [0.5, 0.6) is 0 Å². The first-order chi connectivity index (χ1) is 11.0. The largest absolute Gasteiger partial charge is 0.378 e. The number of amides is 2. The van der Waals surface area contributed by atoms with Gasteiger partial charge in [0.1, 0.15) is 0 Å². The number of anilines is 1. The molecule has 0 unspecified atom stereocenters. The van der Waals surface area contributed by atoms with Gasteiger partial charge < -0.3 is 10.6 Å². The average Bonchev–Trinajstić information content (AvgIpc) is 2.55. The molecule has 118 valence electrons. The summed E-state index contributed by atoms with van der Waals surface area (Å²) in [6.07, 6.45) is 1.50. The Balaban J connectivity index is 2.01. The Bertz CT molecular complexity index is 737. The molecule has 0 radical (unpaired) electrons. The van der Waals surface area contributed by atoms with E-state index in [2.05, 4.69) is 10.5 Å². The zero-order valence-electron chi connectivity index (χ0n) is 13.0. The first-order valence-electron chi connectivity index (χ1n) is 6.98. The lowest BCUT2D eigenvalue weighted by molar-refractivity contribution is 0.0954. The van der Waals surface area contributed by atoms with Crippen molar-refractivity contribution in [1.82, 2.24) is 5.43 Å². The highest BCUT2D eigenvalue weighted by atomic mass is 16.2. The van der Waals surface area contributed by atoms with E-state index in [-0.39, 0.29) is 5.91 Å². The molecular formula is C17H18N4O2. The van der Waals surface area contributed by atoms with Crippen molar-refractivity contribution in [2.75, 3.05) is 19.0 Å². The molecule has 0 aliphatic carbocycles. The van der Waals surface area contributed by atoms with Crippen LogP contribution < -0.4 is 16.1 Å². The standard InChI is InChI=1S/C17H18N4O2/c1-21(2)15-5-3-4-14(10-15)17(23)20-19-11-12-6-8-13(9-7-12)16(18)22/h3-11H,1-2H3,(H2,18,22)(H,20,23)/b19-11+. The number of hydrogen-bond donors (Lipinski definition) is 2. The summed E-state index contributed by atoms with van der Waals surface area (Å²) in [7, 11) is 3.82. The molecule has 0 aliphatic heterocycles. The average molecular weight is 310 g/mol. The Morgan fingerprint density at radius 2 is 1.78 bits per heavy atom. The second kappa shape index (κ2) is 7.22. The van der Waals surface area contributed by atoms with E-state index in [9.17, 15) is 9.59 Å². The highest BCUT2D eigenvalue weighted by Crippen LogP contribution is 2.13. The molecule has 2 aromatic rings. The number of rotatable bonds is 5. The third kappa shape index (κ3) is 4.41. The molecular weight excluding hydrogens is 292 g/mol. The minimum Gasteiger partial charge on any atom is -0.378 e. The molecule has 0 heterocycles. The molecule has 2 aromatic carbocycles. The lowest BCUT2D eigenvalue weighted by Gasteiger charge is -2.12. The Morgan fingerprint density at radius 3 is 2.39 bits per heavy atom. The van der Waals surface area contributed by atoms with Gasteiger partial charge in [-0.3, -0.25) is 9.59 Å². The van der Waals surface area contributed by atoms with E-state index in [1.165, 1.54) is 6.21 Å². The minimum absolute atomic E-state index is 0.293. The van der Waals surface area contributed by atoms with Crippen LogP contribution in [0.25, 0.3) is 0 Å². The van der Waals surface area contributed by atoms with Crippen LogP contribution in [0.15, 0.2) is 53.6 Å². The summed E-state index contributed by atoms with van der Waals surface area (Å²) < 4.78 is 0. The molecule has 0 bridgehead atoms. The van der Waals surface area contributed by atoms with Crippen LogP contribution in [0.4, 0.5) is 5.69 Å². The van der Waals surface area contributed by atoms with Gasteiger partial charge in [-0.1, -0.05) is 18.2 Å². The maximum Gasteiger partial charge on any atom is 0.271 e. The van der Waals surface area contributed by atoms with Gasteiger partial charge in [0.15, 0.2) is 0 Å². The van der Waals surface area contributed by atoms with Crippen molar-refractivity contribution in [3.05, 3.63) is 65.2 Å². The third-order valence-electron chi connectivity index (χ3n) is 3.20. The summed E-state index contributed by atoms with van der Waals surface area (Å²) in [6, 6.07) is 13.8. The molecule has 0 aromatic heterocycles. The van der Waals surface area contributed by atoms with Gasteiger partial charge in [0.25, 0.3) is 5.91 Å². The Morgan fingerprint density at radius 1 is 1.09 bits per heavy atom. The van der Waals surface area contributed by atoms with E-state index in [1.807, 2.05) is 31.1 Å². The van der Waals surface area contributed by atoms with Crippen LogP contribution in [0.3, 0.4) is 0 Å². The fourth-order valence-electron chi connectivity index (χ4n) is 1.89. The first-order valence-corrected chi connectivity index (χ1v) is 6.98. The number of carbonyl (C=O) groups excluding carboxylic acids is 2. The number of hydrazone groups is 1. The molecule has 2 amide bonds. The van der Waals surface area contributed by atoms with Crippen molar-refractivity contribution >= 4 is 23.7 Å². The number of benzene rings is 2. The summed E-state index contributed by atoms with van der Waals surface area (Å²) in [6.45, 7) is 0. The van der Waals surface area contributed by atoms with Gasteiger partial charge in [0, 0.05) is 30.9 Å². The van der Waals surface area contributed by atoms with Gasteiger partial charge in [0.2, 0.25) is 5.91 Å². The summed E-state index contributed by atoms with van der Waals surface area (Å²) in [5, 5.41) is 3.91. The van der Waals surface area contributed by atoms with Crippen molar-refractivity contribution in [2.45, 2.75) is 0 Å². The second-order valence-corrected chi connectivity index (χ2v) is 5.13. The maximum absolute atomic E-state index is 12.0. The van der Waals surface area contributed by atoms with E-state index in [4.69, 9.17) is 5.73 Å².